The van der Waals surface area contributed by atoms with Gasteiger partial charge in [-0.25, -0.2) is 0 Å². The Balaban J connectivity index is 1.79. The van der Waals surface area contributed by atoms with Gasteiger partial charge in [-0.2, -0.15) is 0 Å². The molecule has 1 unspecified atom stereocenters. The van der Waals surface area contributed by atoms with E-state index in [1.165, 1.54) is 37.7 Å². The van der Waals surface area contributed by atoms with Crippen LogP contribution in [0.4, 0.5) is 0 Å². The van der Waals surface area contributed by atoms with E-state index in [4.69, 9.17) is 4.74 Å². The Kier molecular flexibility index (Phi) is 6.81. The highest BCUT2D eigenvalue weighted by atomic mass is 32.2. The number of fused-ring (bicyclic) bond motifs is 1. The third-order valence-corrected chi connectivity index (χ3v) is 5.89. The first-order chi connectivity index (χ1) is 10.6. The van der Waals surface area contributed by atoms with Crippen molar-refractivity contribution in [3.8, 4) is 5.75 Å². The van der Waals surface area contributed by atoms with Crippen LogP contribution >= 0.6 is 0 Å². The standard InChI is InChI=1S/C19H29O2S/c1-4-5-6-7-8-9-12-21-16-10-11-17-15(13-16)14-18(19(17)20)22(2)3/h10-11,13,18H,4-9,12,14H2,1-3H3/q+1. The van der Waals surface area contributed by atoms with Gasteiger partial charge in [0.25, 0.3) is 0 Å². The molecule has 2 rings (SSSR count). The molecule has 1 atom stereocenters. The molecule has 0 N–H and O–H groups in total. The maximum atomic E-state index is 12.3. The molecule has 22 heavy (non-hydrogen) atoms. The number of carbonyl (C=O) groups excluding carboxylic acids is 1. The third kappa shape index (κ3) is 4.52. The number of Topliss-reactive ketones (excluding diaryl/α,β-unsaturated/α-hetero) is 1. The first-order valence-corrected chi connectivity index (χ1v) is 10.6. The van der Waals surface area contributed by atoms with E-state index in [0.717, 1.165) is 30.8 Å². The molecule has 0 saturated heterocycles. The molecule has 0 spiro atoms. The van der Waals surface area contributed by atoms with Crippen LogP contribution in [0.15, 0.2) is 18.2 Å². The second-order valence-electron chi connectivity index (χ2n) is 6.37. The van der Waals surface area contributed by atoms with Gasteiger partial charge in [-0.15, -0.1) is 0 Å². The van der Waals surface area contributed by atoms with Gasteiger partial charge < -0.3 is 4.74 Å². The summed E-state index contributed by atoms with van der Waals surface area (Å²) in [5.41, 5.74) is 2.09. The molecule has 1 aliphatic rings. The molecule has 1 aromatic rings. The zero-order valence-electron chi connectivity index (χ0n) is 14.2. The van der Waals surface area contributed by atoms with Crippen LogP contribution in [-0.2, 0) is 17.3 Å². The highest BCUT2D eigenvalue weighted by Gasteiger charge is 2.38. The summed E-state index contributed by atoms with van der Waals surface area (Å²) in [6.07, 6.45) is 12.9. The number of hydrogen-bond acceptors (Lipinski definition) is 2. The van der Waals surface area contributed by atoms with Crippen LogP contribution in [0.3, 0.4) is 0 Å². The zero-order chi connectivity index (χ0) is 15.9. The molecule has 1 aromatic carbocycles. The van der Waals surface area contributed by atoms with Crippen LogP contribution in [0.5, 0.6) is 5.75 Å². The predicted octanol–water partition coefficient (Wildman–Crippen LogP) is 4.41. The van der Waals surface area contributed by atoms with Gasteiger partial charge in [0.1, 0.15) is 5.75 Å². The summed E-state index contributed by atoms with van der Waals surface area (Å²) in [4.78, 5) is 12.3. The van der Waals surface area contributed by atoms with Gasteiger partial charge in [-0.1, -0.05) is 39.0 Å². The minimum absolute atomic E-state index is 0.145. The number of benzene rings is 1. The molecule has 0 saturated carbocycles. The minimum atomic E-state index is 0.145. The second kappa shape index (κ2) is 8.61. The molecule has 122 valence electrons. The normalized spacial score (nSPS) is 17.1. The van der Waals surface area contributed by atoms with Crippen LogP contribution in [-0.4, -0.2) is 30.2 Å². The van der Waals surface area contributed by atoms with Gasteiger partial charge in [-0.3, -0.25) is 4.79 Å². The van der Waals surface area contributed by atoms with Crippen molar-refractivity contribution in [2.24, 2.45) is 0 Å². The summed E-state index contributed by atoms with van der Waals surface area (Å²) in [5, 5.41) is 0.184. The number of unbranched alkanes of at least 4 members (excludes halogenated alkanes) is 5. The third-order valence-electron chi connectivity index (χ3n) is 4.38. The molecule has 0 fully saturated rings. The number of carbonyl (C=O) groups is 1. The average molecular weight is 322 g/mol. The van der Waals surface area contributed by atoms with E-state index in [-0.39, 0.29) is 16.1 Å². The number of hydrogen-bond donors (Lipinski definition) is 0. The first-order valence-electron chi connectivity index (χ1n) is 8.49. The van der Waals surface area contributed by atoms with E-state index in [2.05, 4.69) is 25.5 Å². The van der Waals surface area contributed by atoms with Crippen LogP contribution in [0, 0.1) is 0 Å². The van der Waals surface area contributed by atoms with Crippen LogP contribution < -0.4 is 4.74 Å². The topological polar surface area (TPSA) is 26.3 Å². The first kappa shape index (κ1) is 17.4. The Morgan fingerprint density at radius 1 is 1.14 bits per heavy atom. The predicted molar refractivity (Wildman–Crippen MR) is 96.3 cm³/mol. The van der Waals surface area contributed by atoms with Crippen molar-refractivity contribution in [1.82, 2.24) is 0 Å². The Bertz CT molecular complexity index is 496. The lowest BCUT2D eigenvalue weighted by Gasteiger charge is -2.07. The monoisotopic (exact) mass is 321 g/mol. The van der Waals surface area contributed by atoms with Crippen LogP contribution in [0.1, 0.15) is 61.4 Å². The van der Waals surface area contributed by atoms with E-state index >= 15 is 0 Å². The molecule has 1 aliphatic carbocycles. The smallest absolute Gasteiger partial charge is 0.215 e. The Labute approximate surface area is 138 Å². The van der Waals surface area contributed by atoms with Crippen molar-refractivity contribution in [2.45, 2.75) is 57.1 Å². The molecule has 0 bridgehead atoms. The molecular formula is C19H29O2S+. The fourth-order valence-corrected chi connectivity index (χ4v) is 4.06. The Morgan fingerprint density at radius 3 is 2.59 bits per heavy atom. The quantitative estimate of drug-likeness (QED) is 0.497. The van der Waals surface area contributed by atoms with Crippen molar-refractivity contribution in [2.75, 3.05) is 19.1 Å². The summed E-state index contributed by atoms with van der Waals surface area (Å²) in [5.74, 6) is 1.25. The SMILES string of the molecule is CCCCCCCCOc1ccc2c(c1)CC([S+](C)C)C2=O. The molecule has 0 aliphatic heterocycles. The van der Waals surface area contributed by atoms with Crippen molar-refractivity contribution >= 4 is 16.7 Å². The summed E-state index contributed by atoms with van der Waals surface area (Å²) in [6, 6.07) is 6.00. The highest BCUT2D eigenvalue weighted by molar-refractivity contribution is 7.96. The second-order valence-corrected chi connectivity index (χ2v) is 8.70. The number of ether oxygens (including phenoxy) is 1. The highest BCUT2D eigenvalue weighted by Crippen LogP contribution is 2.29. The summed E-state index contributed by atoms with van der Waals surface area (Å²) < 4.78 is 5.86. The fraction of sp³-hybridized carbons (Fsp3) is 0.632. The maximum Gasteiger partial charge on any atom is 0.215 e. The van der Waals surface area contributed by atoms with Gasteiger partial charge in [0, 0.05) is 12.0 Å². The molecule has 2 nitrogen and oxygen atoms in total. The molecular weight excluding hydrogens is 292 g/mol. The lowest BCUT2D eigenvalue weighted by Crippen LogP contribution is -2.25. The van der Waals surface area contributed by atoms with Crippen LogP contribution in [0.2, 0.25) is 0 Å². The fourth-order valence-electron chi connectivity index (χ4n) is 2.99. The van der Waals surface area contributed by atoms with E-state index in [0.29, 0.717) is 5.78 Å². The van der Waals surface area contributed by atoms with Gasteiger partial charge in [-0.05, 0) is 41.1 Å². The van der Waals surface area contributed by atoms with Gasteiger partial charge in [0.15, 0.2) is 5.25 Å². The lowest BCUT2D eigenvalue weighted by atomic mass is 10.1. The van der Waals surface area contributed by atoms with Crippen molar-refractivity contribution in [1.29, 1.82) is 0 Å². The number of ketones is 1. The molecule has 0 amide bonds. The van der Waals surface area contributed by atoms with Crippen molar-refractivity contribution in [3.63, 3.8) is 0 Å². The molecule has 0 radical (unpaired) electrons. The lowest BCUT2D eigenvalue weighted by molar-refractivity contribution is 0.0999. The minimum Gasteiger partial charge on any atom is -0.494 e. The van der Waals surface area contributed by atoms with Gasteiger partial charge in [0.2, 0.25) is 5.78 Å². The van der Waals surface area contributed by atoms with E-state index in [1.54, 1.807) is 0 Å². The summed E-state index contributed by atoms with van der Waals surface area (Å²) in [7, 11) is 0.145. The summed E-state index contributed by atoms with van der Waals surface area (Å²) in [6.45, 7) is 3.03. The molecule has 3 heteroatoms. The van der Waals surface area contributed by atoms with E-state index in [1.807, 2.05) is 12.1 Å². The van der Waals surface area contributed by atoms with E-state index in [9.17, 15) is 4.79 Å². The largest absolute Gasteiger partial charge is 0.494 e. The van der Waals surface area contributed by atoms with Gasteiger partial charge in [0.05, 0.1) is 19.1 Å². The van der Waals surface area contributed by atoms with Crippen molar-refractivity contribution in [3.05, 3.63) is 29.3 Å². The van der Waals surface area contributed by atoms with Gasteiger partial charge >= 0.3 is 0 Å². The molecule has 0 aromatic heterocycles. The Morgan fingerprint density at radius 2 is 1.86 bits per heavy atom. The Hall–Kier alpha value is -0.960. The average Bonchev–Trinajstić information content (AvgIpc) is 2.83. The molecule has 0 heterocycles. The van der Waals surface area contributed by atoms with Crippen molar-refractivity contribution < 1.29 is 9.53 Å². The maximum absolute atomic E-state index is 12.3. The van der Waals surface area contributed by atoms with Crippen LogP contribution in [0.25, 0.3) is 0 Å². The zero-order valence-corrected chi connectivity index (χ0v) is 15.0. The van der Waals surface area contributed by atoms with E-state index < -0.39 is 0 Å². The number of rotatable bonds is 9. The summed E-state index contributed by atoms with van der Waals surface area (Å²) >= 11 is 0.